The largest absolute Gasteiger partial charge is 0.486 e. The normalized spacial score (nSPS) is 15.0. The van der Waals surface area contributed by atoms with Gasteiger partial charge in [-0.3, -0.25) is 9.00 Å². The fraction of sp³-hybridized carbons (Fsp3) is 0.588. The third-order valence-corrected chi connectivity index (χ3v) is 5.69. The second-order valence-corrected chi connectivity index (χ2v) is 7.52. The molecule has 1 amide bonds. The summed E-state index contributed by atoms with van der Waals surface area (Å²) in [4.78, 5) is 12.6. The van der Waals surface area contributed by atoms with E-state index in [9.17, 15) is 9.00 Å². The van der Waals surface area contributed by atoms with Gasteiger partial charge in [-0.05, 0) is 25.0 Å². The maximum Gasteiger partial charge on any atom is 0.220 e. The Morgan fingerprint density at radius 1 is 1.25 bits per heavy atom. The van der Waals surface area contributed by atoms with Crippen LogP contribution in [0.2, 0.25) is 0 Å². The lowest BCUT2D eigenvalue weighted by Gasteiger charge is -2.26. The zero-order valence-electron chi connectivity index (χ0n) is 14.3. The number of nitrogens with two attached hydrogens (primary N) is 1. The van der Waals surface area contributed by atoms with Crippen LogP contribution in [-0.4, -0.2) is 41.2 Å². The Hall–Kier alpha value is -1.60. The van der Waals surface area contributed by atoms with Crippen LogP contribution >= 0.6 is 0 Å². The molecule has 1 aromatic carbocycles. The summed E-state index contributed by atoms with van der Waals surface area (Å²) >= 11 is 0. The van der Waals surface area contributed by atoms with Crippen LogP contribution in [0.1, 0.15) is 33.1 Å². The number of fused-ring (bicyclic) bond motifs is 1. The number of carbonyl (C=O) groups excluding carboxylic acids is 1. The van der Waals surface area contributed by atoms with Gasteiger partial charge in [0.05, 0.1) is 10.8 Å². The lowest BCUT2D eigenvalue weighted by atomic mass is 9.94. The molecule has 24 heavy (non-hydrogen) atoms. The van der Waals surface area contributed by atoms with Crippen molar-refractivity contribution in [3.63, 3.8) is 0 Å². The van der Waals surface area contributed by atoms with Crippen LogP contribution in [-0.2, 0) is 15.6 Å². The van der Waals surface area contributed by atoms with Crippen LogP contribution in [0.5, 0.6) is 11.5 Å². The van der Waals surface area contributed by atoms with Gasteiger partial charge in [0.1, 0.15) is 13.2 Å². The number of nitrogens with one attached hydrogen (secondary N) is 1. The number of hydrogen-bond acceptors (Lipinski definition) is 5. The number of rotatable bonds is 8. The van der Waals surface area contributed by atoms with Gasteiger partial charge >= 0.3 is 0 Å². The molecule has 0 bridgehead atoms. The molecular formula is C17H26N2O4S. The number of carbonyl (C=O) groups is 1. The first kappa shape index (κ1) is 18.7. The average molecular weight is 354 g/mol. The first-order chi connectivity index (χ1) is 11.5. The van der Waals surface area contributed by atoms with Gasteiger partial charge in [0.25, 0.3) is 0 Å². The van der Waals surface area contributed by atoms with E-state index in [2.05, 4.69) is 5.32 Å². The van der Waals surface area contributed by atoms with E-state index in [0.29, 0.717) is 36.2 Å². The van der Waals surface area contributed by atoms with Gasteiger partial charge in [-0.15, -0.1) is 0 Å². The Morgan fingerprint density at radius 2 is 1.92 bits per heavy atom. The Labute approximate surface area is 145 Å². The SMILES string of the molecule is CCC(N)(CC)CNC(=O)CCS(=O)c1ccc2c(c1)OCCO2. The van der Waals surface area contributed by atoms with Crippen LogP contribution in [0, 0.1) is 0 Å². The molecule has 2 rings (SSSR count). The van der Waals surface area contributed by atoms with Crippen LogP contribution in [0.3, 0.4) is 0 Å². The number of amides is 1. The van der Waals surface area contributed by atoms with E-state index in [1.165, 1.54) is 0 Å². The molecule has 7 heteroatoms. The predicted molar refractivity (Wildman–Crippen MR) is 93.8 cm³/mol. The number of ether oxygens (including phenoxy) is 2. The molecule has 1 atom stereocenters. The highest BCUT2D eigenvalue weighted by atomic mass is 32.2. The smallest absolute Gasteiger partial charge is 0.220 e. The maximum atomic E-state index is 12.4. The van der Waals surface area contributed by atoms with Crippen LogP contribution in [0.25, 0.3) is 0 Å². The second kappa shape index (κ2) is 8.48. The van der Waals surface area contributed by atoms with Crippen molar-refractivity contribution in [3.8, 4) is 11.5 Å². The third kappa shape index (κ3) is 4.95. The summed E-state index contributed by atoms with van der Waals surface area (Å²) in [5.41, 5.74) is 5.79. The van der Waals surface area contributed by atoms with Crippen LogP contribution < -0.4 is 20.5 Å². The van der Waals surface area contributed by atoms with Gasteiger partial charge in [-0.25, -0.2) is 0 Å². The predicted octanol–water partition coefficient (Wildman–Crippen LogP) is 1.59. The van der Waals surface area contributed by atoms with E-state index >= 15 is 0 Å². The number of hydrogen-bond donors (Lipinski definition) is 2. The summed E-state index contributed by atoms with van der Waals surface area (Å²) in [7, 11) is -1.26. The summed E-state index contributed by atoms with van der Waals surface area (Å²) < 4.78 is 23.3. The Balaban J connectivity index is 1.83. The summed E-state index contributed by atoms with van der Waals surface area (Å²) in [5.74, 6) is 1.41. The highest BCUT2D eigenvalue weighted by Gasteiger charge is 2.21. The standard InChI is InChI=1S/C17H26N2O4S/c1-3-17(18,4-2)12-19-16(20)7-10-24(21)13-5-6-14-15(11-13)23-9-8-22-14/h5-6,11H,3-4,7-10,12,18H2,1-2H3,(H,19,20). The molecule has 1 heterocycles. The first-order valence-corrected chi connectivity index (χ1v) is 9.63. The van der Waals surface area contributed by atoms with E-state index in [0.717, 1.165) is 12.8 Å². The van der Waals surface area contributed by atoms with Crippen molar-refractivity contribution in [3.05, 3.63) is 18.2 Å². The van der Waals surface area contributed by atoms with Crippen molar-refractivity contribution >= 4 is 16.7 Å². The Kier molecular flexibility index (Phi) is 6.62. The lowest BCUT2D eigenvalue weighted by molar-refractivity contribution is -0.120. The molecule has 6 nitrogen and oxygen atoms in total. The van der Waals surface area contributed by atoms with Gasteiger partial charge in [-0.1, -0.05) is 13.8 Å². The van der Waals surface area contributed by atoms with Crippen molar-refractivity contribution in [1.29, 1.82) is 0 Å². The van der Waals surface area contributed by atoms with Gasteiger partial charge in [-0.2, -0.15) is 0 Å². The molecule has 0 aromatic heterocycles. The Bertz CT molecular complexity index is 602. The Morgan fingerprint density at radius 3 is 2.58 bits per heavy atom. The minimum atomic E-state index is -1.26. The van der Waals surface area contributed by atoms with E-state index < -0.39 is 10.8 Å². The molecule has 0 saturated carbocycles. The molecule has 1 unspecified atom stereocenters. The summed E-state index contributed by atoms with van der Waals surface area (Å²) in [6, 6.07) is 5.23. The van der Waals surface area contributed by atoms with Gasteiger partial charge < -0.3 is 20.5 Å². The summed E-state index contributed by atoms with van der Waals surface area (Å²) in [6.45, 7) is 5.46. The topological polar surface area (TPSA) is 90.7 Å². The van der Waals surface area contributed by atoms with Crippen LogP contribution in [0.15, 0.2) is 23.1 Å². The third-order valence-electron chi connectivity index (χ3n) is 4.34. The monoisotopic (exact) mass is 354 g/mol. The van der Waals surface area contributed by atoms with Crippen molar-refractivity contribution in [2.45, 2.75) is 43.5 Å². The molecule has 0 fully saturated rings. The van der Waals surface area contributed by atoms with Crippen molar-refractivity contribution in [1.82, 2.24) is 5.32 Å². The highest BCUT2D eigenvalue weighted by molar-refractivity contribution is 7.85. The van der Waals surface area contributed by atoms with E-state index in [-0.39, 0.29) is 23.6 Å². The van der Waals surface area contributed by atoms with Gasteiger partial charge in [0.15, 0.2) is 11.5 Å². The fourth-order valence-corrected chi connectivity index (χ4v) is 3.40. The molecule has 0 radical (unpaired) electrons. The fourth-order valence-electron chi connectivity index (χ4n) is 2.33. The number of benzene rings is 1. The van der Waals surface area contributed by atoms with E-state index in [1.807, 2.05) is 13.8 Å². The minimum Gasteiger partial charge on any atom is -0.486 e. The highest BCUT2D eigenvalue weighted by Crippen LogP contribution is 2.31. The molecule has 0 saturated heterocycles. The molecule has 1 aliphatic heterocycles. The molecule has 1 aromatic rings. The molecular weight excluding hydrogens is 328 g/mol. The minimum absolute atomic E-state index is 0.127. The van der Waals surface area contributed by atoms with E-state index in [4.69, 9.17) is 15.2 Å². The molecule has 3 N–H and O–H groups in total. The second-order valence-electron chi connectivity index (χ2n) is 5.95. The first-order valence-electron chi connectivity index (χ1n) is 8.31. The molecule has 0 spiro atoms. The maximum absolute atomic E-state index is 12.4. The van der Waals surface area contributed by atoms with Gasteiger partial charge in [0, 0.05) is 35.2 Å². The molecule has 1 aliphatic rings. The molecule has 0 aliphatic carbocycles. The zero-order chi connectivity index (χ0) is 17.6. The quantitative estimate of drug-likeness (QED) is 0.740. The average Bonchev–Trinajstić information content (AvgIpc) is 2.63. The lowest BCUT2D eigenvalue weighted by Crippen LogP contribution is -2.49. The molecule has 134 valence electrons. The summed E-state index contributed by atoms with van der Waals surface area (Å²) in [5, 5.41) is 2.84. The van der Waals surface area contributed by atoms with Crippen molar-refractivity contribution in [2.75, 3.05) is 25.5 Å². The summed E-state index contributed by atoms with van der Waals surface area (Å²) in [6.07, 6.45) is 1.80. The zero-order valence-corrected chi connectivity index (χ0v) is 15.1. The van der Waals surface area contributed by atoms with E-state index in [1.54, 1.807) is 18.2 Å². The van der Waals surface area contributed by atoms with Gasteiger partial charge in [0.2, 0.25) is 5.91 Å². The van der Waals surface area contributed by atoms with Crippen molar-refractivity contribution < 1.29 is 18.5 Å². The van der Waals surface area contributed by atoms with Crippen LogP contribution in [0.4, 0.5) is 0 Å². The van der Waals surface area contributed by atoms with Crippen molar-refractivity contribution in [2.24, 2.45) is 5.73 Å².